The summed E-state index contributed by atoms with van der Waals surface area (Å²) < 4.78 is 3.04. The van der Waals surface area contributed by atoms with Gasteiger partial charge in [-0.2, -0.15) is 0 Å². The normalized spacial score (nSPS) is 34.5. The smallest absolute Gasteiger partial charge is 0.215 e. The number of hydrogen-bond acceptors (Lipinski definition) is 5. The minimum absolute atomic E-state index is 0.00574. The molecule has 1 aliphatic carbocycles. The molecule has 1 rings (SSSR count). The van der Waals surface area contributed by atoms with Crippen LogP contribution in [0.15, 0.2) is 0 Å². The Morgan fingerprint density at radius 1 is 1.62 bits per heavy atom. The monoisotopic (exact) mass is 206 g/mol. The lowest BCUT2D eigenvalue weighted by Crippen LogP contribution is -2.44. The first-order chi connectivity index (χ1) is 6.15. The van der Waals surface area contributed by atoms with E-state index in [0.29, 0.717) is 12.8 Å². The van der Waals surface area contributed by atoms with Gasteiger partial charge >= 0.3 is 0 Å². The van der Waals surface area contributed by atoms with E-state index in [0.717, 1.165) is 0 Å². The van der Waals surface area contributed by atoms with Gasteiger partial charge in [-0.1, -0.05) is 11.9 Å². The van der Waals surface area contributed by atoms with Crippen LogP contribution >= 0.6 is 11.9 Å². The predicted octanol–water partition coefficient (Wildman–Crippen LogP) is 0.413. The summed E-state index contributed by atoms with van der Waals surface area (Å²) in [5.74, 6) is 0. The van der Waals surface area contributed by atoms with Crippen LogP contribution in [0.4, 0.5) is 0 Å². The van der Waals surface area contributed by atoms with Crippen LogP contribution < -0.4 is 4.72 Å². The summed E-state index contributed by atoms with van der Waals surface area (Å²) in [6.07, 6.45) is 2.80. The number of nitrogens with zero attached hydrogens (tertiary/aromatic N) is 1. The molecule has 13 heavy (non-hydrogen) atoms. The van der Waals surface area contributed by atoms with E-state index in [1.54, 1.807) is 0 Å². The maximum Gasteiger partial charge on any atom is 0.215 e. The van der Waals surface area contributed by atoms with E-state index in [-0.39, 0.29) is 17.4 Å². The zero-order valence-electron chi connectivity index (χ0n) is 7.47. The van der Waals surface area contributed by atoms with Gasteiger partial charge in [0.1, 0.15) is 0 Å². The molecule has 1 saturated carbocycles. The quantitative estimate of drug-likeness (QED) is 0.397. The Labute approximate surface area is 81.2 Å². The van der Waals surface area contributed by atoms with Crippen molar-refractivity contribution in [1.82, 2.24) is 4.72 Å². The van der Waals surface area contributed by atoms with Crippen molar-refractivity contribution in [3.8, 4) is 0 Å². The van der Waals surface area contributed by atoms with Gasteiger partial charge < -0.3 is 5.11 Å². The molecular weight excluding hydrogens is 192 g/mol. The lowest BCUT2D eigenvalue weighted by Gasteiger charge is -2.29. The van der Waals surface area contributed by atoms with Crippen LogP contribution in [0.3, 0.4) is 0 Å². The SMILES string of the molecule is CSNC1CCC([N+](=O)[O-])CC1O. The summed E-state index contributed by atoms with van der Waals surface area (Å²) >= 11 is 1.44. The van der Waals surface area contributed by atoms with Gasteiger partial charge in [0.05, 0.1) is 6.10 Å². The fourth-order valence-electron chi connectivity index (χ4n) is 1.61. The van der Waals surface area contributed by atoms with E-state index in [9.17, 15) is 15.2 Å². The number of nitro groups is 1. The standard InChI is InChI=1S/C7H14N2O3S/c1-13-8-6-3-2-5(9(11)12)4-7(6)10/h5-8,10H,2-4H2,1H3. The molecule has 1 aliphatic rings. The van der Waals surface area contributed by atoms with Crippen molar-refractivity contribution in [3.05, 3.63) is 10.1 Å². The van der Waals surface area contributed by atoms with E-state index in [1.807, 2.05) is 6.26 Å². The lowest BCUT2D eigenvalue weighted by atomic mass is 9.90. The Balaban J connectivity index is 2.41. The van der Waals surface area contributed by atoms with Crippen LogP contribution in [-0.4, -0.2) is 34.5 Å². The second kappa shape index (κ2) is 4.78. The summed E-state index contributed by atoms with van der Waals surface area (Å²) in [6.45, 7) is 0. The topological polar surface area (TPSA) is 75.4 Å². The number of aliphatic hydroxyl groups is 1. The zero-order valence-corrected chi connectivity index (χ0v) is 8.29. The first-order valence-corrected chi connectivity index (χ1v) is 5.47. The number of rotatable bonds is 3. The van der Waals surface area contributed by atoms with Crippen molar-refractivity contribution in [2.75, 3.05) is 6.26 Å². The van der Waals surface area contributed by atoms with Crippen molar-refractivity contribution in [2.24, 2.45) is 0 Å². The minimum atomic E-state index is -0.586. The highest BCUT2D eigenvalue weighted by atomic mass is 32.2. The van der Waals surface area contributed by atoms with Gasteiger partial charge in [-0.25, -0.2) is 0 Å². The Kier molecular flexibility index (Phi) is 3.95. The molecule has 0 radical (unpaired) electrons. The molecule has 0 heterocycles. The number of aliphatic hydroxyl groups excluding tert-OH is 1. The molecule has 0 saturated heterocycles. The molecule has 0 aliphatic heterocycles. The highest BCUT2D eigenvalue weighted by Gasteiger charge is 2.34. The molecule has 76 valence electrons. The molecule has 3 unspecified atom stereocenters. The average molecular weight is 206 g/mol. The number of nitrogens with one attached hydrogen (secondary N) is 1. The molecule has 6 heteroatoms. The molecule has 0 spiro atoms. The maximum atomic E-state index is 10.4. The molecule has 0 aromatic rings. The van der Waals surface area contributed by atoms with Gasteiger partial charge in [0, 0.05) is 23.8 Å². The van der Waals surface area contributed by atoms with Crippen molar-refractivity contribution < 1.29 is 10.0 Å². The third kappa shape index (κ3) is 2.82. The Hall–Kier alpha value is -0.330. The largest absolute Gasteiger partial charge is 0.391 e. The van der Waals surface area contributed by atoms with E-state index in [1.165, 1.54) is 11.9 Å². The van der Waals surface area contributed by atoms with Gasteiger partial charge in [0.15, 0.2) is 0 Å². The summed E-state index contributed by atoms with van der Waals surface area (Å²) in [7, 11) is 0. The molecule has 1 fully saturated rings. The minimum Gasteiger partial charge on any atom is -0.391 e. The fraction of sp³-hybridized carbons (Fsp3) is 1.00. The highest BCUT2D eigenvalue weighted by Crippen LogP contribution is 2.22. The fourth-order valence-corrected chi connectivity index (χ4v) is 2.18. The first-order valence-electron chi connectivity index (χ1n) is 4.25. The zero-order chi connectivity index (χ0) is 9.84. The van der Waals surface area contributed by atoms with E-state index < -0.39 is 12.1 Å². The summed E-state index contributed by atoms with van der Waals surface area (Å²) in [4.78, 5) is 10.1. The van der Waals surface area contributed by atoms with Crippen molar-refractivity contribution in [1.29, 1.82) is 0 Å². The molecule has 0 aromatic heterocycles. The van der Waals surface area contributed by atoms with E-state index in [4.69, 9.17) is 0 Å². The summed E-state index contributed by atoms with van der Waals surface area (Å²) in [5.41, 5.74) is 0. The van der Waals surface area contributed by atoms with E-state index in [2.05, 4.69) is 4.72 Å². The highest BCUT2D eigenvalue weighted by molar-refractivity contribution is 7.96. The van der Waals surface area contributed by atoms with E-state index >= 15 is 0 Å². The second-order valence-electron chi connectivity index (χ2n) is 3.25. The Bertz CT molecular complexity index is 191. The Morgan fingerprint density at radius 3 is 2.77 bits per heavy atom. The molecule has 0 bridgehead atoms. The molecular formula is C7H14N2O3S. The van der Waals surface area contributed by atoms with Gasteiger partial charge in [-0.05, 0) is 12.7 Å². The predicted molar refractivity (Wildman–Crippen MR) is 51.1 cm³/mol. The number of hydrogen-bond donors (Lipinski definition) is 2. The third-order valence-electron chi connectivity index (χ3n) is 2.36. The first kappa shape index (κ1) is 10.7. The maximum absolute atomic E-state index is 10.4. The molecule has 0 amide bonds. The molecule has 0 aromatic carbocycles. The lowest BCUT2D eigenvalue weighted by molar-refractivity contribution is -0.528. The third-order valence-corrected chi connectivity index (χ3v) is 2.89. The van der Waals surface area contributed by atoms with Gasteiger partial charge in [0.2, 0.25) is 6.04 Å². The van der Waals surface area contributed by atoms with Crippen molar-refractivity contribution in [2.45, 2.75) is 37.5 Å². The second-order valence-corrected chi connectivity index (χ2v) is 3.89. The van der Waals surface area contributed by atoms with Crippen molar-refractivity contribution in [3.63, 3.8) is 0 Å². The van der Waals surface area contributed by atoms with Crippen LogP contribution in [0.2, 0.25) is 0 Å². The van der Waals surface area contributed by atoms with Crippen LogP contribution in [0.25, 0.3) is 0 Å². The van der Waals surface area contributed by atoms with Crippen molar-refractivity contribution >= 4 is 11.9 Å². The van der Waals surface area contributed by atoms with Gasteiger partial charge in [-0.3, -0.25) is 14.8 Å². The van der Waals surface area contributed by atoms with Crippen LogP contribution in [0.1, 0.15) is 19.3 Å². The van der Waals surface area contributed by atoms with Crippen LogP contribution in [0.5, 0.6) is 0 Å². The van der Waals surface area contributed by atoms with Crippen LogP contribution in [0, 0.1) is 10.1 Å². The summed E-state index contributed by atoms with van der Waals surface area (Å²) in [6, 6.07) is -0.555. The van der Waals surface area contributed by atoms with Gasteiger partial charge in [0.25, 0.3) is 0 Å². The summed E-state index contributed by atoms with van der Waals surface area (Å²) in [5, 5.41) is 20.0. The molecule has 3 atom stereocenters. The molecule has 5 nitrogen and oxygen atoms in total. The molecule has 2 N–H and O–H groups in total. The Morgan fingerprint density at radius 2 is 2.31 bits per heavy atom. The average Bonchev–Trinajstić information content (AvgIpc) is 2.08. The van der Waals surface area contributed by atoms with Gasteiger partial charge in [-0.15, -0.1) is 0 Å². The van der Waals surface area contributed by atoms with Crippen LogP contribution in [-0.2, 0) is 0 Å².